The zero-order chi connectivity index (χ0) is 18.9. The minimum absolute atomic E-state index is 0.0245. The van der Waals surface area contributed by atoms with E-state index in [1.807, 2.05) is 0 Å². The summed E-state index contributed by atoms with van der Waals surface area (Å²) in [6.45, 7) is -0.348. The van der Waals surface area contributed by atoms with Gasteiger partial charge in [0.05, 0.1) is 0 Å². The van der Waals surface area contributed by atoms with Gasteiger partial charge in [-0.15, -0.1) is 18.3 Å². The first-order valence-electron chi connectivity index (χ1n) is 7.13. The van der Waals surface area contributed by atoms with Gasteiger partial charge in [-0.25, -0.2) is 9.67 Å². The number of halogens is 3. The predicted molar refractivity (Wildman–Crippen MR) is 82.3 cm³/mol. The van der Waals surface area contributed by atoms with Crippen LogP contribution in [0.2, 0.25) is 0 Å². The molecule has 2 aromatic heterocycles. The van der Waals surface area contributed by atoms with Crippen LogP contribution in [-0.4, -0.2) is 36.8 Å². The third-order valence-electron chi connectivity index (χ3n) is 3.27. The Morgan fingerprint density at radius 2 is 1.96 bits per heavy atom. The molecule has 2 heterocycles. The van der Waals surface area contributed by atoms with Crippen LogP contribution in [0.1, 0.15) is 0 Å². The fourth-order valence-electron chi connectivity index (χ4n) is 2.16. The molecular weight excluding hydrogens is 357 g/mol. The third kappa shape index (κ3) is 3.79. The Bertz CT molecular complexity index is 1010. The lowest BCUT2D eigenvalue weighted by atomic mass is 10.3. The molecule has 0 saturated heterocycles. The van der Waals surface area contributed by atoms with Crippen molar-refractivity contribution in [1.29, 1.82) is 0 Å². The molecule has 136 valence electrons. The zero-order valence-electron chi connectivity index (χ0n) is 13.2. The van der Waals surface area contributed by atoms with Gasteiger partial charge in [0.1, 0.15) is 18.6 Å². The number of hydrogen-bond donors (Lipinski definition) is 1. The van der Waals surface area contributed by atoms with E-state index in [-0.39, 0.29) is 23.4 Å². The Morgan fingerprint density at radius 1 is 1.27 bits per heavy atom. The number of aryl methyl sites for hydroxylation is 1. The molecule has 12 heteroatoms. The summed E-state index contributed by atoms with van der Waals surface area (Å²) >= 11 is 0. The number of ether oxygens (including phenoxy) is 1. The summed E-state index contributed by atoms with van der Waals surface area (Å²) in [6, 6.07) is 4.60. The maximum Gasteiger partial charge on any atom is 0.573 e. The molecule has 26 heavy (non-hydrogen) atoms. The topological polar surface area (TPSA) is 104 Å². The van der Waals surface area contributed by atoms with Crippen molar-refractivity contribution in [2.24, 2.45) is 7.05 Å². The van der Waals surface area contributed by atoms with Gasteiger partial charge in [-0.2, -0.15) is 0 Å². The maximum atomic E-state index is 12.2. The zero-order valence-corrected chi connectivity index (χ0v) is 13.2. The minimum Gasteiger partial charge on any atom is -0.406 e. The molecule has 0 aliphatic carbocycles. The largest absolute Gasteiger partial charge is 0.573 e. The lowest BCUT2D eigenvalue weighted by Gasteiger charge is -2.10. The number of carbonyl (C=O) groups excluding carboxylic acids is 1. The average molecular weight is 368 g/mol. The average Bonchev–Trinajstić information content (AvgIpc) is 2.93. The van der Waals surface area contributed by atoms with Crippen LogP contribution < -0.4 is 15.6 Å². The van der Waals surface area contributed by atoms with Gasteiger partial charge in [0.2, 0.25) is 5.91 Å². The van der Waals surface area contributed by atoms with Crippen molar-refractivity contribution in [3.63, 3.8) is 0 Å². The van der Waals surface area contributed by atoms with Crippen molar-refractivity contribution in [3.8, 4) is 5.75 Å². The standard InChI is InChI=1S/C14H11F3N6O3/c1-22-12-11(20-21-22)13(25)23(7-18-12)6-10(24)19-8-2-4-9(5-3-8)26-14(15,16)17/h2-5,7H,6H2,1H3,(H,19,24). The molecule has 0 radical (unpaired) electrons. The Hall–Kier alpha value is -3.44. The normalized spacial score (nSPS) is 11.5. The number of amides is 1. The van der Waals surface area contributed by atoms with Gasteiger partial charge < -0.3 is 10.1 Å². The number of alkyl halides is 3. The van der Waals surface area contributed by atoms with Gasteiger partial charge in [-0.05, 0) is 24.3 Å². The van der Waals surface area contributed by atoms with Gasteiger partial charge >= 0.3 is 6.36 Å². The molecule has 0 saturated carbocycles. The number of nitrogens with zero attached hydrogens (tertiary/aromatic N) is 5. The van der Waals surface area contributed by atoms with Gasteiger partial charge in [0.25, 0.3) is 5.56 Å². The summed E-state index contributed by atoms with van der Waals surface area (Å²) in [5.41, 5.74) is 0.0154. The molecule has 0 aliphatic rings. The van der Waals surface area contributed by atoms with Gasteiger partial charge in [-0.3, -0.25) is 14.2 Å². The fourth-order valence-corrected chi connectivity index (χ4v) is 2.16. The van der Waals surface area contributed by atoms with Crippen molar-refractivity contribution in [2.45, 2.75) is 12.9 Å². The molecule has 1 aromatic carbocycles. The molecule has 0 bridgehead atoms. The van der Waals surface area contributed by atoms with Crippen molar-refractivity contribution in [3.05, 3.63) is 40.9 Å². The number of anilines is 1. The molecule has 1 amide bonds. The number of aromatic nitrogens is 5. The number of fused-ring (bicyclic) bond motifs is 1. The van der Waals surface area contributed by atoms with E-state index in [0.29, 0.717) is 0 Å². The van der Waals surface area contributed by atoms with E-state index >= 15 is 0 Å². The highest BCUT2D eigenvalue weighted by Crippen LogP contribution is 2.23. The number of nitrogens with one attached hydrogen (secondary N) is 1. The molecule has 1 N–H and O–H groups in total. The molecule has 0 fully saturated rings. The smallest absolute Gasteiger partial charge is 0.406 e. The van der Waals surface area contributed by atoms with E-state index in [2.05, 4.69) is 25.3 Å². The fraction of sp³-hybridized carbons (Fsp3) is 0.214. The van der Waals surface area contributed by atoms with Crippen LogP contribution >= 0.6 is 0 Å². The van der Waals surface area contributed by atoms with Crippen LogP contribution in [0.15, 0.2) is 35.4 Å². The molecule has 0 unspecified atom stereocenters. The quantitative estimate of drug-likeness (QED) is 0.739. The molecule has 9 nitrogen and oxygen atoms in total. The summed E-state index contributed by atoms with van der Waals surface area (Å²) in [5, 5.41) is 9.82. The Labute approximate surface area is 143 Å². The first-order chi connectivity index (χ1) is 12.2. The summed E-state index contributed by atoms with van der Waals surface area (Å²) in [5.74, 6) is -0.981. The van der Waals surface area contributed by atoms with E-state index in [4.69, 9.17) is 0 Å². The first kappa shape index (κ1) is 17.4. The van der Waals surface area contributed by atoms with Crippen LogP contribution in [0.5, 0.6) is 5.75 Å². The third-order valence-corrected chi connectivity index (χ3v) is 3.27. The summed E-state index contributed by atoms with van der Waals surface area (Å²) < 4.78 is 42.4. The highest BCUT2D eigenvalue weighted by Gasteiger charge is 2.30. The lowest BCUT2D eigenvalue weighted by molar-refractivity contribution is -0.274. The van der Waals surface area contributed by atoms with E-state index in [1.54, 1.807) is 7.05 Å². The first-order valence-corrected chi connectivity index (χ1v) is 7.13. The second kappa shape index (κ2) is 6.46. The van der Waals surface area contributed by atoms with E-state index in [9.17, 15) is 22.8 Å². The Kier molecular flexibility index (Phi) is 4.32. The van der Waals surface area contributed by atoms with E-state index in [0.717, 1.165) is 16.7 Å². The number of rotatable bonds is 4. The summed E-state index contributed by atoms with van der Waals surface area (Å²) in [4.78, 5) is 28.3. The summed E-state index contributed by atoms with van der Waals surface area (Å²) in [7, 11) is 1.57. The number of hydrogen-bond acceptors (Lipinski definition) is 6. The molecule has 0 spiro atoms. The molecule has 3 rings (SSSR count). The SMILES string of the molecule is Cn1nnc2c(=O)n(CC(=O)Nc3ccc(OC(F)(F)F)cc3)cnc21. The Morgan fingerprint density at radius 3 is 2.62 bits per heavy atom. The predicted octanol–water partition coefficient (Wildman–Crippen LogP) is 1.06. The highest BCUT2D eigenvalue weighted by molar-refractivity contribution is 5.90. The molecular formula is C14H11F3N6O3. The second-order valence-electron chi connectivity index (χ2n) is 5.18. The molecule has 0 aliphatic heterocycles. The van der Waals surface area contributed by atoms with Crippen LogP contribution in [0.25, 0.3) is 11.2 Å². The van der Waals surface area contributed by atoms with Crippen LogP contribution in [-0.2, 0) is 18.4 Å². The van der Waals surface area contributed by atoms with Crippen LogP contribution in [0.3, 0.4) is 0 Å². The van der Waals surface area contributed by atoms with Crippen molar-refractivity contribution in [1.82, 2.24) is 24.5 Å². The second-order valence-corrected chi connectivity index (χ2v) is 5.18. The van der Waals surface area contributed by atoms with Gasteiger partial charge in [0.15, 0.2) is 11.2 Å². The number of carbonyl (C=O) groups is 1. The van der Waals surface area contributed by atoms with E-state index < -0.39 is 23.6 Å². The van der Waals surface area contributed by atoms with Crippen molar-refractivity contribution in [2.75, 3.05) is 5.32 Å². The molecule has 3 aromatic rings. The Balaban J connectivity index is 1.69. The van der Waals surface area contributed by atoms with Crippen LogP contribution in [0.4, 0.5) is 18.9 Å². The van der Waals surface area contributed by atoms with Crippen molar-refractivity contribution < 1.29 is 22.7 Å². The maximum absolute atomic E-state index is 12.2. The summed E-state index contributed by atoms with van der Waals surface area (Å²) in [6.07, 6.45) is -3.61. The highest BCUT2D eigenvalue weighted by atomic mass is 19.4. The van der Waals surface area contributed by atoms with Gasteiger partial charge in [-0.1, -0.05) is 5.21 Å². The van der Waals surface area contributed by atoms with Gasteiger partial charge in [0, 0.05) is 12.7 Å². The van der Waals surface area contributed by atoms with Crippen LogP contribution in [0, 0.1) is 0 Å². The lowest BCUT2D eigenvalue weighted by Crippen LogP contribution is -2.28. The minimum atomic E-state index is -4.79. The van der Waals surface area contributed by atoms with E-state index in [1.165, 1.54) is 23.1 Å². The van der Waals surface area contributed by atoms with Crippen molar-refractivity contribution >= 4 is 22.8 Å². The number of benzene rings is 1. The monoisotopic (exact) mass is 368 g/mol. The molecule has 0 atom stereocenters.